The molecule has 0 unspecified atom stereocenters. The van der Waals surface area contributed by atoms with Crippen molar-refractivity contribution >= 4 is 11.9 Å². The van der Waals surface area contributed by atoms with Crippen molar-refractivity contribution in [2.45, 2.75) is 13.3 Å². The van der Waals surface area contributed by atoms with Crippen LogP contribution in [0, 0.1) is 18.7 Å². The maximum Gasteiger partial charge on any atom is 0.308 e. The summed E-state index contributed by atoms with van der Waals surface area (Å²) >= 11 is 0. The summed E-state index contributed by atoms with van der Waals surface area (Å²) in [4.78, 5) is 24.5. The van der Waals surface area contributed by atoms with E-state index in [0.717, 1.165) is 0 Å². The quantitative estimate of drug-likeness (QED) is 0.870. The molecule has 2 rings (SSSR count). The third-order valence-corrected chi connectivity index (χ3v) is 3.25. The van der Waals surface area contributed by atoms with E-state index in [1.807, 2.05) is 0 Å². The Morgan fingerprint density at radius 3 is 2.78 bits per heavy atom. The first kappa shape index (κ1) is 12.5. The van der Waals surface area contributed by atoms with Crippen LogP contribution in [0.5, 0.6) is 0 Å². The summed E-state index contributed by atoms with van der Waals surface area (Å²) in [6.07, 6.45) is 0.454. The smallest absolute Gasteiger partial charge is 0.308 e. The molecule has 18 heavy (non-hydrogen) atoms. The molecule has 0 saturated carbocycles. The normalized spacial score (nSPS) is 19.0. The lowest BCUT2D eigenvalue weighted by Crippen LogP contribution is -2.30. The number of aliphatic carboxylic acids is 1. The number of rotatable bonds is 2. The third kappa shape index (κ3) is 2.34. The van der Waals surface area contributed by atoms with E-state index in [4.69, 9.17) is 5.11 Å². The number of nitrogens with zero attached hydrogens (tertiary/aromatic N) is 1. The van der Waals surface area contributed by atoms with Crippen molar-refractivity contribution in [3.8, 4) is 0 Å². The predicted molar refractivity (Wildman–Crippen MR) is 62.8 cm³/mol. The zero-order chi connectivity index (χ0) is 13.3. The fraction of sp³-hybridized carbons (Fsp3) is 0.385. The van der Waals surface area contributed by atoms with Gasteiger partial charge in [0, 0.05) is 18.7 Å². The van der Waals surface area contributed by atoms with Crippen molar-refractivity contribution in [1.82, 2.24) is 4.90 Å². The highest BCUT2D eigenvalue weighted by Crippen LogP contribution is 2.20. The molecule has 1 fully saturated rings. The topological polar surface area (TPSA) is 57.6 Å². The molecule has 5 heteroatoms. The van der Waals surface area contributed by atoms with Gasteiger partial charge in [0.2, 0.25) is 0 Å². The Morgan fingerprint density at radius 1 is 1.44 bits per heavy atom. The van der Waals surface area contributed by atoms with E-state index in [-0.39, 0.29) is 12.5 Å². The molecule has 0 spiro atoms. The summed E-state index contributed by atoms with van der Waals surface area (Å²) in [7, 11) is 0. The molecule has 1 amide bonds. The number of hydrogen-bond acceptors (Lipinski definition) is 2. The van der Waals surface area contributed by atoms with Crippen LogP contribution in [0.1, 0.15) is 22.3 Å². The van der Waals surface area contributed by atoms with Crippen molar-refractivity contribution in [1.29, 1.82) is 0 Å². The van der Waals surface area contributed by atoms with Crippen LogP contribution in [-0.2, 0) is 4.79 Å². The highest BCUT2D eigenvalue weighted by Gasteiger charge is 2.31. The summed E-state index contributed by atoms with van der Waals surface area (Å²) in [5.41, 5.74) is 1.00. The highest BCUT2D eigenvalue weighted by atomic mass is 19.1. The minimum atomic E-state index is -0.888. The molecule has 0 radical (unpaired) electrons. The molecule has 1 aromatic carbocycles. The lowest BCUT2D eigenvalue weighted by Gasteiger charge is -2.17. The van der Waals surface area contributed by atoms with E-state index in [1.165, 1.54) is 17.0 Å². The van der Waals surface area contributed by atoms with Crippen LogP contribution in [0.4, 0.5) is 4.39 Å². The van der Waals surface area contributed by atoms with Crippen molar-refractivity contribution < 1.29 is 19.1 Å². The molecule has 96 valence electrons. The number of carbonyl (C=O) groups excluding carboxylic acids is 1. The van der Waals surface area contributed by atoms with E-state index in [9.17, 15) is 14.0 Å². The molecule has 1 N–H and O–H groups in total. The van der Waals surface area contributed by atoms with E-state index in [1.54, 1.807) is 13.0 Å². The monoisotopic (exact) mass is 251 g/mol. The van der Waals surface area contributed by atoms with Gasteiger partial charge in [0.1, 0.15) is 5.82 Å². The van der Waals surface area contributed by atoms with E-state index >= 15 is 0 Å². The van der Waals surface area contributed by atoms with Gasteiger partial charge in [-0.3, -0.25) is 9.59 Å². The zero-order valence-electron chi connectivity index (χ0n) is 10.0. The average molecular weight is 251 g/mol. The standard InChI is InChI=1S/C13H14FNO3/c1-8-2-3-10(14)6-11(8)12(16)15-5-4-9(7-15)13(17)18/h2-3,6,9H,4-5,7H2,1H3,(H,17,18)/t9-/m0/s1. The molecular weight excluding hydrogens is 237 g/mol. The largest absolute Gasteiger partial charge is 0.481 e. The molecule has 0 aromatic heterocycles. The number of carboxylic acids is 1. The number of carbonyl (C=O) groups is 2. The molecule has 1 atom stereocenters. The third-order valence-electron chi connectivity index (χ3n) is 3.25. The van der Waals surface area contributed by atoms with Gasteiger partial charge >= 0.3 is 5.97 Å². The minimum absolute atomic E-state index is 0.199. The van der Waals surface area contributed by atoms with Gasteiger partial charge in [-0.1, -0.05) is 6.07 Å². The molecule has 0 bridgehead atoms. The molecular formula is C13H14FNO3. The molecule has 4 nitrogen and oxygen atoms in total. The number of hydrogen-bond donors (Lipinski definition) is 1. The van der Waals surface area contributed by atoms with Gasteiger partial charge in [0.15, 0.2) is 0 Å². The summed E-state index contributed by atoms with van der Waals surface area (Å²) < 4.78 is 13.1. The molecule has 1 aliphatic rings. The Hall–Kier alpha value is -1.91. The van der Waals surface area contributed by atoms with Gasteiger partial charge in [0.25, 0.3) is 5.91 Å². The van der Waals surface area contributed by atoms with Gasteiger partial charge in [-0.05, 0) is 31.0 Å². The maximum absolute atomic E-state index is 13.1. The summed E-state index contributed by atoms with van der Waals surface area (Å²) in [5, 5.41) is 8.88. The first-order valence-electron chi connectivity index (χ1n) is 5.77. The van der Waals surface area contributed by atoms with Gasteiger partial charge in [0.05, 0.1) is 5.92 Å². The predicted octanol–water partition coefficient (Wildman–Crippen LogP) is 1.68. The average Bonchev–Trinajstić information content (AvgIpc) is 2.81. The second-order valence-corrected chi connectivity index (χ2v) is 4.53. The Morgan fingerprint density at radius 2 is 2.17 bits per heavy atom. The Bertz CT molecular complexity index is 501. The molecule has 1 saturated heterocycles. The highest BCUT2D eigenvalue weighted by molar-refractivity contribution is 5.96. The summed E-state index contributed by atoms with van der Waals surface area (Å²) in [6, 6.07) is 4.05. The number of amides is 1. The van der Waals surface area contributed by atoms with Gasteiger partial charge < -0.3 is 10.0 Å². The number of aryl methyl sites for hydroxylation is 1. The van der Waals surface area contributed by atoms with Crippen molar-refractivity contribution in [2.24, 2.45) is 5.92 Å². The van der Waals surface area contributed by atoms with Gasteiger partial charge in [-0.25, -0.2) is 4.39 Å². The van der Waals surface area contributed by atoms with Crippen LogP contribution in [-0.4, -0.2) is 35.0 Å². The van der Waals surface area contributed by atoms with E-state index < -0.39 is 17.7 Å². The molecule has 1 aliphatic heterocycles. The first-order valence-corrected chi connectivity index (χ1v) is 5.77. The second-order valence-electron chi connectivity index (χ2n) is 4.53. The molecule has 1 aromatic rings. The van der Waals surface area contributed by atoms with Crippen molar-refractivity contribution in [3.63, 3.8) is 0 Å². The summed E-state index contributed by atoms with van der Waals surface area (Å²) in [5.74, 6) is -2.15. The van der Waals surface area contributed by atoms with Crippen LogP contribution in [0.15, 0.2) is 18.2 Å². The Kier molecular flexibility index (Phi) is 3.32. The molecule has 1 heterocycles. The number of halogens is 1. The Labute approximate surface area is 104 Å². The molecule has 0 aliphatic carbocycles. The number of carboxylic acid groups (broad SMARTS) is 1. The van der Waals surface area contributed by atoms with Crippen LogP contribution in [0.3, 0.4) is 0 Å². The van der Waals surface area contributed by atoms with Gasteiger partial charge in [-0.2, -0.15) is 0 Å². The van der Waals surface area contributed by atoms with E-state index in [2.05, 4.69) is 0 Å². The second kappa shape index (κ2) is 4.76. The summed E-state index contributed by atoms with van der Waals surface area (Å²) in [6.45, 7) is 2.34. The van der Waals surface area contributed by atoms with Crippen LogP contribution < -0.4 is 0 Å². The zero-order valence-corrected chi connectivity index (χ0v) is 10.0. The number of likely N-dealkylation sites (tertiary alicyclic amines) is 1. The van der Waals surface area contributed by atoms with Crippen molar-refractivity contribution in [2.75, 3.05) is 13.1 Å². The SMILES string of the molecule is Cc1ccc(F)cc1C(=O)N1CC[C@H](C(=O)O)C1. The fourth-order valence-corrected chi connectivity index (χ4v) is 2.14. The lowest BCUT2D eigenvalue weighted by atomic mass is 10.1. The van der Waals surface area contributed by atoms with Crippen molar-refractivity contribution in [3.05, 3.63) is 35.1 Å². The van der Waals surface area contributed by atoms with Crippen LogP contribution >= 0.6 is 0 Å². The minimum Gasteiger partial charge on any atom is -0.481 e. The van der Waals surface area contributed by atoms with Crippen LogP contribution in [0.25, 0.3) is 0 Å². The maximum atomic E-state index is 13.1. The van der Waals surface area contributed by atoms with E-state index in [0.29, 0.717) is 24.1 Å². The Balaban J connectivity index is 2.17. The number of benzene rings is 1. The van der Waals surface area contributed by atoms with Gasteiger partial charge in [-0.15, -0.1) is 0 Å². The first-order chi connectivity index (χ1) is 8.49. The van der Waals surface area contributed by atoms with Crippen LogP contribution in [0.2, 0.25) is 0 Å². The fourth-order valence-electron chi connectivity index (χ4n) is 2.14. The lowest BCUT2D eigenvalue weighted by molar-refractivity contribution is -0.141.